The quantitative estimate of drug-likeness (QED) is 0.215. The second-order valence-electron chi connectivity index (χ2n) is 11.9. The van der Waals surface area contributed by atoms with Gasteiger partial charge >= 0.3 is 0 Å². The molecule has 45 heavy (non-hydrogen) atoms. The molecule has 0 aliphatic heterocycles. The van der Waals surface area contributed by atoms with E-state index in [0.717, 1.165) is 56.0 Å². The van der Waals surface area contributed by atoms with E-state index < -0.39 is 0 Å². The summed E-state index contributed by atoms with van der Waals surface area (Å²) < 4.78 is 10.5. The maximum Gasteiger partial charge on any atom is 0.156 e. The average molecular weight is 601 g/mol. The number of benzene rings is 4. The lowest BCUT2D eigenvalue weighted by Gasteiger charge is -2.25. The zero-order chi connectivity index (χ0) is 31.5. The van der Waals surface area contributed by atoms with Crippen LogP contribution in [0.3, 0.4) is 0 Å². The van der Waals surface area contributed by atoms with E-state index >= 15 is 0 Å². The third-order valence-electron chi connectivity index (χ3n) is 8.89. The van der Waals surface area contributed by atoms with Crippen LogP contribution in [0, 0.1) is 0 Å². The predicted molar refractivity (Wildman–Crippen MR) is 175 cm³/mol. The Labute approximate surface area is 263 Å². The van der Waals surface area contributed by atoms with E-state index in [1.807, 2.05) is 72.8 Å². The minimum absolute atomic E-state index is 0.0372. The number of ketones is 2. The third-order valence-corrected chi connectivity index (χ3v) is 8.89. The van der Waals surface area contributed by atoms with Crippen molar-refractivity contribution in [2.24, 2.45) is 0 Å². The number of hydrogen-bond acceptors (Lipinski definition) is 6. The van der Waals surface area contributed by atoms with Crippen LogP contribution >= 0.6 is 0 Å². The predicted octanol–water partition coefficient (Wildman–Crippen LogP) is 7.77. The van der Waals surface area contributed by atoms with Crippen molar-refractivity contribution in [1.29, 1.82) is 0 Å². The van der Waals surface area contributed by atoms with Crippen LogP contribution in [0.1, 0.15) is 70.9 Å². The van der Waals surface area contributed by atoms with Crippen LogP contribution in [0.15, 0.2) is 97.1 Å². The fourth-order valence-corrected chi connectivity index (χ4v) is 6.56. The van der Waals surface area contributed by atoms with Crippen molar-refractivity contribution in [1.82, 2.24) is 0 Å². The van der Waals surface area contributed by atoms with E-state index in [1.54, 1.807) is 38.5 Å². The van der Waals surface area contributed by atoms with Crippen LogP contribution in [0.5, 0.6) is 23.0 Å². The summed E-state index contributed by atoms with van der Waals surface area (Å²) in [4.78, 5) is 25.6. The van der Waals surface area contributed by atoms with Gasteiger partial charge in [-0.1, -0.05) is 48.5 Å². The highest BCUT2D eigenvalue weighted by Gasteiger charge is 2.27. The molecular weight excluding hydrogens is 564 g/mol. The molecular formula is C39H36O6. The minimum Gasteiger partial charge on any atom is -0.508 e. The molecule has 0 radical (unpaired) electrons. The summed E-state index contributed by atoms with van der Waals surface area (Å²) in [5, 5.41) is 21.7. The van der Waals surface area contributed by atoms with Gasteiger partial charge in [-0.25, -0.2) is 0 Å². The fourth-order valence-electron chi connectivity index (χ4n) is 6.56. The van der Waals surface area contributed by atoms with E-state index in [4.69, 9.17) is 9.47 Å². The molecule has 2 N–H and O–H groups in total. The molecule has 228 valence electrons. The first kappa shape index (κ1) is 29.9. The molecule has 6 heteroatoms. The van der Waals surface area contributed by atoms with Gasteiger partial charge in [0.1, 0.15) is 23.0 Å². The first-order valence-corrected chi connectivity index (χ1v) is 15.2. The summed E-state index contributed by atoms with van der Waals surface area (Å²) in [6, 6.07) is 26.5. The van der Waals surface area contributed by atoms with Crippen LogP contribution in [0.4, 0.5) is 0 Å². The molecule has 0 bridgehead atoms. The van der Waals surface area contributed by atoms with Gasteiger partial charge in [-0.05, 0) is 124 Å². The first-order chi connectivity index (χ1) is 21.8. The normalized spacial score (nSPS) is 18.3. The van der Waals surface area contributed by atoms with Crippen molar-refractivity contribution < 1.29 is 29.3 Å². The SMILES string of the molecule is COc1ccc(C2=CC(=O)CC(c3cc(Cc4ccc(O)c(C5CC(=O)C=C(c6ccc(OC)cc6)C5)c4)ccc3O)C2)cc1. The van der Waals surface area contributed by atoms with Crippen LogP contribution in [-0.2, 0) is 16.0 Å². The number of ether oxygens (including phenoxy) is 2. The highest BCUT2D eigenvalue weighted by Crippen LogP contribution is 2.42. The van der Waals surface area contributed by atoms with E-state index in [1.165, 1.54) is 0 Å². The third kappa shape index (κ3) is 6.70. The molecule has 6 nitrogen and oxygen atoms in total. The summed E-state index contributed by atoms with van der Waals surface area (Å²) >= 11 is 0. The first-order valence-electron chi connectivity index (χ1n) is 15.2. The molecule has 0 aromatic heterocycles. The molecule has 0 saturated carbocycles. The Morgan fingerprint density at radius 1 is 0.578 bits per heavy atom. The molecule has 2 unspecified atom stereocenters. The van der Waals surface area contributed by atoms with Crippen molar-refractivity contribution in [2.45, 2.75) is 43.9 Å². The molecule has 4 aromatic rings. The summed E-state index contributed by atoms with van der Waals surface area (Å²) in [7, 11) is 3.24. The Morgan fingerprint density at radius 2 is 0.978 bits per heavy atom. The number of phenolic OH excluding ortho intramolecular Hbond substituents is 2. The number of methoxy groups -OCH3 is 2. The molecule has 2 aliphatic rings. The summed E-state index contributed by atoms with van der Waals surface area (Å²) in [6.45, 7) is 0. The number of carbonyl (C=O) groups excluding carboxylic acids is 2. The smallest absolute Gasteiger partial charge is 0.156 e. The lowest BCUT2D eigenvalue weighted by molar-refractivity contribution is -0.116. The van der Waals surface area contributed by atoms with Gasteiger partial charge in [-0.15, -0.1) is 0 Å². The topological polar surface area (TPSA) is 93.1 Å². The van der Waals surface area contributed by atoms with Crippen LogP contribution in [-0.4, -0.2) is 36.0 Å². The average Bonchev–Trinajstić information content (AvgIpc) is 3.06. The number of aromatic hydroxyl groups is 2. The van der Waals surface area contributed by atoms with Gasteiger partial charge in [0.2, 0.25) is 0 Å². The molecule has 2 aliphatic carbocycles. The van der Waals surface area contributed by atoms with Crippen molar-refractivity contribution in [2.75, 3.05) is 14.2 Å². The Hall–Kier alpha value is -5.10. The number of allylic oxidation sites excluding steroid dienone is 4. The number of hydrogen-bond donors (Lipinski definition) is 2. The highest BCUT2D eigenvalue weighted by molar-refractivity contribution is 6.00. The molecule has 0 amide bonds. The summed E-state index contributed by atoms with van der Waals surface area (Å²) in [6.07, 6.45) is 5.94. The molecule has 0 spiro atoms. The van der Waals surface area contributed by atoms with Gasteiger partial charge in [0.25, 0.3) is 0 Å². The molecule has 0 heterocycles. The number of rotatable bonds is 8. The zero-order valence-corrected chi connectivity index (χ0v) is 25.5. The molecule has 4 aromatic carbocycles. The van der Waals surface area contributed by atoms with Crippen molar-refractivity contribution in [3.05, 3.63) is 130 Å². The lowest BCUT2D eigenvalue weighted by Crippen LogP contribution is -2.13. The van der Waals surface area contributed by atoms with Gasteiger partial charge in [0, 0.05) is 12.8 Å². The lowest BCUT2D eigenvalue weighted by atomic mass is 9.79. The van der Waals surface area contributed by atoms with Crippen LogP contribution in [0.2, 0.25) is 0 Å². The fraction of sp³-hybridized carbons (Fsp3) is 0.231. The van der Waals surface area contributed by atoms with Crippen molar-refractivity contribution in [3.63, 3.8) is 0 Å². The molecule has 0 saturated heterocycles. The highest BCUT2D eigenvalue weighted by atomic mass is 16.5. The Morgan fingerprint density at radius 3 is 1.36 bits per heavy atom. The van der Waals surface area contributed by atoms with E-state index in [9.17, 15) is 19.8 Å². The van der Waals surface area contributed by atoms with Gasteiger partial charge in [-0.2, -0.15) is 0 Å². The Balaban J connectivity index is 1.21. The van der Waals surface area contributed by atoms with Gasteiger partial charge in [0.05, 0.1) is 14.2 Å². The van der Waals surface area contributed by atoms with E-state index in [2.05, 4.69) is 0 Å². The largest absolute Gasteiger partial charge is 0.508 e. The molecule has 0 fully saturated rings. The van der Waals surface area contributed by atoms with Gasteiger partial charge < -0.3 is 19.7 Å². The maximum absolute atomic E-state index is 12.8. The van der Waals surface area contributed by atoms with Gasteiger partial charge in [0.15, 0.2) is 11.6 Å². The standard InChI is InChI=1S/C39H36O6/c1-44-34-9-5-26(6-10-34)28-18-30(22-32(40)20-28)36-16-24(3-13-38(36)42)15-25-4-14-39(43)37(17-25)31-19-29(21-33(41)23-31)27-7-11-35(45-2)12-8-27/h3-14,16-17,20-21,30-31,42-43H,15,18-19,22-23H2,1-2H3. The van der Waals surface area contributed by atoms with Crippen molar-refractivity contribution >= 4 is 22.7 Å². The van der Waals surface area contributed by atoms with Crippen LogP contribution in [0.25, 0.3) is 11.1 Å². The van der Waals surface area contributed by atoms with E-state index in [-0.39, 0.29) is 34.9 Å². The zero-order valence-electron chi connectivity index (χ0n) is 25.5. The monoisotopic (exact) mass is 600 g/mol. The van der Waals surface area contributed by atoms with Gasteiger partial charge in [-0.3, -0.25) is 9.59 Å². The van der Waals surface area contributed by atoms with E-state index in [0.29, 0.717) is 32.1 Å². The minimum atomic E-state index is -0.147. The number of carbonyl (C=O) groups is 2. The van der Waals surface area contributed by atoms with Crippen molar-refractivity contribution in [3.8, 4) is 23.0 Å². The Kier molecular flexibility index (Phi) is 8.56. The summed E-state index contributed by atoms with van der Waals surface area (Å²) in [5.74, 6) is 1.65. The molecule has 2 atom stereocenters. The molecule has 6 rings (SSSR count). The Bertz CT molecular complexity index is 1660. The maximum atomic E-state index is 12.8. The summed E-state index contributed by atoms with van der Waals surface area (Å²) in [5.41, 5.74) is 7.31. The van der Waals surface area contributed by atoms with Crippen LogP contribution < -0.4 is 9.47 Å². The number of phenols is 2. The second kappa shape index (κ2) is 12.9. The second-order valence-corrected chi connectivity index (χ2v) is 11.9.